The topological polar surface area (TPSA) is 41.6 Å². The van der Waals surface area contributed by atoms with Crippen LogP contribution in [0.1, 0.15) is 54.1 Å². The minimum atomic E-state index is -0.481. The number of aryl methyl sites for hydroxylation is 1. The summed E-state index contributed by atoms with van der Waals surface area (Å²) in [4.78, 5) is 14.9. The third-order valence-electron chi connectivity index (χ3n) is 6.36. The van der Waals surface area contributed by atoms with Gasteiger partial charge in [0.25, 0.3) is 5.91 Å². The second-order valence-electron chi connectivity index (χ2n) is 8.79. The number of carbonyl (C=O) groups excluding carboxylic acids is 1. The van der Waals surface area contributed by atoms with Crippen molar-refractivity contribution in [2.24, 2.45) is 0 Å². The van der Waals surface area contributed by atoms with Crippen molar-refractivity contribution in [1.82, 2.24) is 10.2 Å². The van der Waals surface area contributed by atoms with Crippen molar-refractivity contribution in [1.29, 1.82) is 0 Å². The normalized spacial score (nSPS) is 16.6. The molecule has 1 amide bonds. The standard InChI is InChI=1S/C29H34N2O2/c1-4-27(29(32)30-5-2)33-25-16-15-23-17-18-31(20-22-13-11-21(3)12-14-22)28(26(23)19-25)24-9-7-6-8-10-24/h6-16,19,27-28H,4-5,17-18,20H2,1-3H3,(H,30,32)/t27-,28+/m1/s1. The van der Waals surface area contributed by atoms with Crippen LogP contribution in [0.2, 0.25) is 0 Å². The molecule has 33 heavy (non-hydrogen) atoms. The fourth-order valence-electron chi connectivity index (χ4n) is 4.62. The van der Waals surface area contributed by atoms with Crippen LogP contribution >= 0.6 is 0 Å². The molecule has 0 unspecified atom stereocenters. The molecule has 0 saturated heterocycles. The number of hydrogen-bond donors (Lipinski definition) is 1. The number of benzene rings is 3. The molecule has 0 aromatic heterocycles. The monoisotopic (exact) mass is 442 g/mol. The Hall–Kier alpha value is -3.11. The smallest absolute Gasteiger partial charge is 0.261 e. The zero-order valence-corrected chi connectivity index (χ0v) is 19.9. The van der Waals surface area contributed by atoms with Gasteiger partial charge in [0.2, 0.25) is 0 Å². The van der Waals surface area contributed by atoms with Gasteiger partial charge in [0.05, 0.1) is 6.04 Å². The fourth-order valence-corrected chi connectivity index (χ4v) is 4.62. The van der Waals surface area contributed by atoms with E-state index in [9.17, 15) is 4.79 Å². The van der Waals surface area contributed by atoms with Crippen molar-refractivity contribution < 1.29 is 9.53 Å². The van der Waals surface area contributed by atoms with Crippen molar-refractivity contribution in [2.75, 3.05) is 13.1 Å². The highest BCUT2D eigenvalue weighted by Gasteiger charge is 2.29. The highest BCUT2D eigenvalue weighted by molar-refractivity contribution is 5.81. The van der Waals surface area contributed by atoms with Crippen molar-refractivity contribution in [3.05, 3.63) is 101 Å². The van der Waals surface area contributed by atoms with Gasteiger partial charge in [0.1, 0.15) is 5.75 Å². The molecule has 1 aliphatic rings. The van der Waals surface area contributed by atoms with E-state index in [1.54, 1.807) is 0 Å². The predicted octanol–water partition coefficient (Wildman–Crippen LogP) is 5.44. The van der Waals surface area contributed by atoms with Gasteiger partial charge in [-0.1, -0.05) is 73.2 Å². The van der Waals surface area contributed by atoms with Crippen LogP contribution in [0.4, 0.5) is 0 Å². The third kappa shape index (κ3) is 5.45. The van der Waals surface area contributed by atoms with Gasteiger partial charge in [-0.3, -0.25) is 9.69 Å². The summed E-state index contributed by atoms with van der Waals surface area (Å²) in [7, 11) is 0. The van der Waals surface area contributed by atoms with Crippen LogP contribution < -0.4 is 10.1 Å². The molecule has 0 bridgehead atoms. The molecule has 3 aromatic carbocycles. The van der Waals surface area contributed by atoms with Gasteiger partial charge >= 0.3 is 0 Å². The average Bonchev–Trinajstić information content (AvgIpc) is 2.84. The van der Waals surface area contributed by atoms with Gasteiger partial charge in [-0.2, -0.15) is 0 Å². The molecule has 172 valence electrons. The summed E-state index contributed by atoms with van der Waals surface area (Å²) in [5.74, 6) is 0.697. The quantitative estimate of drug-likeness (QED) is 0.505. The first-order chi connectivity index (χ1) is 16.1. The van der Waals surface area contributed by atoms with Gasteiger partial charge in [0, 0.05) is 19.6 Å². The molecule has 0 aliphatic carbocycles. The van der Waals surface area contributed by atoms with Crippen molar-refractivity contribution in [3.63, 3.8) is 0 Å². The maximum absolute atomic E-state index is 12.4. The van der Waals surface area contributed by atoms with E-state index in [0.717, 1.165) is 25.3 Å². The van der Waals surface area contributed by atoms with E-state index >= 15 is 0 Å². The molecule has 0 saturated carbocycles. The number of carbonyl (C=O) groups is 1. The number of likely N-dealkylation sites (N-methyl/N-ethyl adjacent to an activating group) is 1. The van der Waals surface area contributed by atoms with E-state index in [2.05, 4.69) is 83.9 Å². The number of nitrogens with zero attached hydrogens (tertiary/aromatic N) is 1. The van der Waals surface area contributed by atoms with E-state index < -0.39 is 6.10 Å². The summed E-state index contributed by atoms with van der Waals surface area (Å²) in [6.07, 6.45) is 1.15. The first-order valence-corrected chi connectivity index (χ1v) is 12.0. The van der Waals surface area contributed by atoms with E-state index in [0.29, 0.717) is 13.0 Å². The lowest BCUT2D eigenvalue weighted by atomic mass is 9.87. The van der Waals surface area contributed by atoms with E-state index in [1.165, 1.54) is 27.8 Å². The number of ether oxygens (including phenoxy) is 1. The molecule has 1 aliphatic heterocycles. The lowest BCUT2D eigenvalue weighted by molar-refractivity contribution is -0.128. The van der Waals surface area contributed by atoms with Crippen LogP contribution in [-0.4, -0.2) is 30.0 Å². The zero-order valence-electron chi connectivity index (χ0n) is 19.9. The zero-order chi connectivity index (χ0) is 23.2. The minimum Gasteiger partial charge on any atom is -0.481 e. The number of rotatable bonds is 8. The Morgan fingerprint density at radius 2 is 1.82 bits per heavy atom. The molecule has 0 fully saturated rings. The van der Waals surface area contributed by atoms with Crippen LogP contribution in [-0.2, 0) is 17.8 Å². The maximum Gasteiger partial charge on any atom is 0.261 e. The highest BCUT2D eigenvalue weighted by Crippen LogP contribution is 2.38. The van der Waals surface area contributed by atoms with E-state index in [4.69, 9.17) is 4.74 Å². The predicted molar refractivity (Wildman–Crippen MR) is 133 cm³/mol. The Morgan fingerprint density at radius 1 is 1.06 bits per heavy atom. The number of amides is 1. The molecular weight excluding hydrogens is 408 g/mol. The summed E-state index contributed by atoms with van der Waals surface area (Å²) >= 11 is 0. The number of hydrogen-bond acceptors (Lipinski definition) is 3. The van der Waals surface area contributed by atoms with Crippen molar-refractivity contribution >= 4 is 5.91 Å². The lowest BCUT2D eigenvalue weighted by Crippen LogP contribution is -2.38. The second-order valence-corrected chi connectivity index (χ2v) is 8.79. The molecule has 3 aromatic rings. The van der Waals surface area contributed by atoms with Crippen LogP contribution in [0, 0.1) is 6.92 Å². The summed E-state index contributed by atoms with van der Waals surface area (Å²) in [5.41, 5.74) is 6.49. The van der Waals surface area contributed by atoms with E-state index in [-0.39, 0.29) is 11.9 Å². The maximum atomic E-state index is 12.4. The Bertz CT molecular complexity index is 1060. The summed E-state index contributed by atoms with van der Waals surface area (Å²) in [6, 6.07) is 26.0. The van der Waals surface area contributed by atoms with Crippen molar-refractivity contribution in [3.8, 4) is 5.75 Å². The largest absolute Gasteiger partial charge is 0.481 e. The Labute approximate surface area is 197 Å². The second kappa shape index (κ2) is 10.7. The van der Waals surface area contributed by atoms with E-state index in [1.807, 2.05) is 19.9 Å². The Morgan fingerprint density at radius 3 is 2.52 bits per heavy atom. The molecule has 0 radical (unpaired) electrons. The van der Waals surface area contributed by atoms with Crippen LogP contribution in [0.25, 0.3) is 0 Å². The molecule has 1 heterocycles. The molecule has 2 atom stereocenters. The molecule has 4 rings (SSSR count). The van der Waals surface area contributed by atoms with Gasteiger partial charge in [-0.25, -0.2) is 0 Å². The van der Waals surface area contributed by atoms with Crippen LogP contribution in [0.5, 0.6) is 5.75 Å². The Balaban J connectivity index is 1.67. The molecular formula is C29H34N2O2. The fraction of sp³-hybridized carbons (Fsp3) is 0.345. The van der Waals surface area contributed by atoms with Gasteiger partial charge in [-0.15, -0.1) is 0 Å². The highest BCUT2D eigenvalue weighted by atomic mass is 16.5. The molecule has 0 spiro atoms. The summed E-state index contributed by atoms with van der Waals surface area (Å²) in [6.45, 7) is 8.52. The lowest BCUT2D eigenvalue weighted by Gasteiger charge is -2.38. The summed E-state index contributed by atoms with van der Waals surface area (Å²) < 4.78 is 6.16. The van der Waals surface area contributed by atoms with Crippen LogP contribution in [0.15, 0.2) is 72.8 Å². The van der Waals surface area contributed by atoms with Gasteiger partial charge in [0.15, 0.2) is 6.10 Å². The van der Waals surface area contributed by atoms with Crippen molar-refractivity contribution in [2.45, 2.75) is 52.3 Å². The number of nitrogens with one attached hydrogen (secondary N) is 1. The third-order valence-corrected chi connectivity index (χ3v) is 6.36. The van der Waals surface area contributed by atoms with Gasteiger partial charge in [-0.05, 0) is 61.1 Å². The summed E-state index contributed by atoms with van der Waals surface area (Å²) in [5, 5.41) is 2.88. The average molecular weight is 443 g/mol. The molecule has 1 N–H and O–H groups in total. The van der Waals surface area contributed by atoms with Crippen LogP contribution in [0.3, 0.4) is 0 Å². The molecule has 4 nitrogen and oxygen atoms in total. The number of fused-ring (bicyclic) bond motifs is 1. The SMILES string of the molecule is CCNC(=O)[C@@H](CC)Oc1ccc2c(c1)[C@H](c1ccccc1)N(Cc1ccc(C)cc1)CC2. The first-order valence-electron chi connectivity index (χ1n) is 12.0. The first kappa shape index (κ1) is 23.1. The van der Waals surface area contributed by atoms with Gasteiger partial charge < -0.3 is 10.1 Å². The Kier molecular flexibility index (Phi) is 7.46. The molecule has 4 heteroatoms. The minimum absolute atomic E-state index is 0.0571.